The van der Waals surface area contributed by atoms with E-state index in [-0.39, 0.29) is 18.0 Å². The summed E-state index contributed by atoms with van der Waals surface area (Å²) in [6.07, 6.45) is 0. The molecular formula is C6H13NO2S. The normalized spacial score (nSPS) is 12.8. The lowest BCUT2D eigenvalue weighted by atomic mass is 10.6. The Morgan fingerprint density at radius 2 is 2.20 bits per heavy atom. The molecule has 0 saturated carbocycles. The van der Waals surface area contributed by atoms with Crippen molar-refractivity contribution in [2.24, 2.45) is 0 Å². The van der Waals surface area contributed by atoms with Crippen LogP contribution in [0.1, 0.15) is 6.92 Å². The molecule has 0 bridgehead atoms. The summed E-state index contributed by atoms with van der Waals surface area (Å²) >= 11 is 3.95. The molecule has 0 aliphatic heterocycles. The van der Waals surface area contributed by atoms with Crippen LogP contribution in [0.2, 0.25) is 0 Å². The van der Waals surface area contributed by atoms with E-state index in [2.05, 4.69) is 12.6 Å². The van der Waals surface area contributed by atoms with Crippen LogP contribution in [0.25, 0.3) is 0 Å². The van der Waals surface area contributed by atoms with Gasteiger partial charge in [-0.1, -0.05) is 0 Å². The second kappa shape index (κ2) is 4.57. The van der Waals surface area contributed by atoms with Crippen LogP contribution in [0.3, 0.4) is 0 Å². The molecule has 0 aliphatic carbocycles. The van der Waals surface area contributed by atoms with Crippen LogP contribution >= 0.6 is 12.6 Å². The summed E-state index contributed by atoms with van der Waals surface area (Å²) in [6.45, 7) is 1.88. The van der Waals surface area contributed by atoms with Gasteiger partial charge in [-0.25, -0.2) is 0 Å². The van der Waals surface area contributed by atoms with Gasteiger partial charge in [-0.05, 0) is 6.92 Å². The molecule has 0 radical (unpaired) electrons. The molecule has 4 heteroatoms. The average molecular weight is 163 g/mol. The summed E-state index contributed by atoms with van der Waals surface area (Å²) in [7, 11) is 3.38. The molecule has 0 aromatic rings. The highest BCUT2D eigenvalue weighted by molar-refractivity contribution is 7.80. The number of hydrogen-bond acceptors (Lipinski definition) is 3. The van der Waals surface area contributed by atoms with Crippen molar-refractivity contribution in [3.63, 3.8) is 0 Å². The van der Waals surface area contributed by atoms with Gasteiger partial charge < -0.3 is 9.64 Å². The molecule has 0 fully saturated rings. The molecule has 0 aliphatic rings. The molecule has 0 spiro atoms. The Labute approximate surface area is 66.8 Å². The Morgan fingerprint density at radius 3 is 2.50 bits per heavy atom. The third kappa shape index (κ3) is 4.64. The van der Waals surface area contributed by atoms with E-state index in [0.29, 0.717) is 0 Å². The number of ether oxygens (including phenoxy) is 1. The molecule has 1 unspecified atom stereocenters. The van der Waals surface area contributed by atoms with Crippen molar-refractivity contribution in [1.82, 2.24) is 4.90 Å². The zero-order valence-corrected chi connectivity index (χ0v) is 7.39. The minimum Gasteiger partial charge on any atom is -0.358 e. The maximum Gasteiger partial charge on any atom is 0.248 e. The van der Waals surface area contributed by atoms with Crippen LogP contribution in [-0.4, -0.2) is 36.9 Å². The molecule has 10 heavy (non-hydrogen) atoms. The molecule has 0 rings (SSSR count). The van der Waals surface area contributed by atoms with Crippen molar-refractivity contribution in [3.8, 4) is 0 Å². The molecule has 60 valence electrons. The van der Waals surface area contributed by atoms with Crippen LogP contribution in [0, 0.1) is 0 Å². The summed E-state index contributed by atoms with van der Waals surface area (Å²) in [5.41, 5.74) is -0.177. The van der Waals surface area contributed by atoms with Gasteiger partial charge in [-0.2, -0.15) is 0 Å². The summed E-state index contributed by atoms with van der Waals surface area (Å²) in [5, 5.41) is 0. The van der Waals surface area contributed by atoms with Gasteiger partial charge in [0.2, 0.25) is 5.91 Å². The second-order valence-electron chi connectivity index (χ2n) is 2.20. The SMILES string of the molecule is CC(S)OCC(=O)N(C)C. The Bertz CT molecular complexity index is 114. The Balaban J connectivity index is 3.40. The monoisotopic (exact) mass is 163 g/mol. The van der Waals surface area contributed by atoms with Crippen LogP contribution in [0.5, 0.6) is 0 Å². The fourth-order valence-corrected chi connectivity index (χ4v) is 0.396. The summed E-state index contributed by atoms with van der Waals surface area (Å²) in [4.78, 5) is 12.3. The van der Waals surface area contributed by atoms with Gasteiger partial charge in [0.05, 0.1) is 5.44 Å². The van der Waals surface area contributed by atoms with E-state index in [4.69, 9.17) is 4.74 Å². The fraction of sp³-hybridized carbons (Fsp3) is 0.833. The van der Waals surface area contributed by atoms with Gasteiger partial charge in [-0.15, -0.1) is 12.6 Å². The molecule has 1 atom stereocenters. The van der Waals surface area contributed by atoms with Gasteiger partial charge in [0.1, 0.15) is 6.61 Å². The van der Waals surface area contributed by atoms with Gasteiger partial charge in [0.25, 0.3) is 0 Å². The third-order valence-corrected chi connectivity index (χ3v) is 1.10. The number of thiol groups is 1. The maximum absolute atomic E-state index is 10.8. The Kier molecular flexibility index (Phi) is 4.47. The summed E-state index contributed by atoms with van der Waals surface area (Å²) < 4.78 is 4.94. The number of amides is 1. The third-order valence-electron chi connectivity index (χ3n) is 0.947. The van der Waals surface area contributed by atoms with E-state index < -0.39 is 0 Å². The molecule has 0 heterocycles. The lowest BCUT2D eigenvalue weighted by Gasteiger charge is -2.11. The number of nitrogens with zero attached hydrogens (tertiary/aromatic N) is 1. The minimum atomic E-state index is -0.177. The zero-order chi connectivity index (χ0) is 8.15. The van der Waals surface area contributed by atoms with Crippen molar-refractivity contribution >= 4 is 18.5 Å². The van der Waals surface area contributed by atoms with Crippen LogP contribution in [-0.2, 0) is 9.53 Å². The van der Waals surface area contributed by atoms with E-state index in [9.17, 15) is 4.79 Å². The average Bonchev–Trinajstić information content (AvgIpc) is 1.82. The standard InChI is InChI=1S/C6H13NO2S/c1-5(10)9-4-6(8)7(2)3/h5,10H,4H2,1-3H3. The Morgan fingerprint density at radius 1 is 1.70 bits per heavy atom. The molecule has 0 aromatic carbocycles. The van der Waals surface area contributed by atoms with Gasteiger partial charge in [0, 0.05) is 14.1 Å². The van der Waals surface area contributed by atoms with Gasteiger partial charge >= 0.3 is 0 Å². The molecule has 0 saturated heterocycles. The second-order valence-corrected chi connectivity index (χ2v) is 2.93. The van der Waals surface area contributed by atoms with Crippen molar-refractivity contribution in [2.45, 2.75) is 12.4 Å². The molecule has 0 N–H and O–H groups in total. The number of hydrogen-bond donors (Lipinski definition) is 1. The summed E-state index contributed by atoms with van der Waals surface area (Å²) in [6, 6.07) is 0. The highest BCUT2D eigenvalue weighted by Gasteiger charge is 2.04. The number of rotatable bonds is 3. The molecule has 3 nitrogen and oxygen atoms in total. The van der Waals surface area contributed by atoms with Crippen molar-refractivity contribution in [1.29, 1.82) is 0 Å². The molecule has 0 aromatic heterocycles. The minimum absolute atomic E-state index is 0.0408. The van der Waals surface area contributed by atoms with Gasteiger partial charge in [0.15, 0.2) is 0 Å². The molecular weight excluding hydrogens is 150 g/mol. The van der Waals surface area contributed by atoms with Crippen LogP contribution in [0.15, 0.2) is 0 Å². The smallest absolute Gasteiger partial charge is 0.248 e. The van der Waals surface area contributed by atoms with E-state index in [1.807, 2.05) is 0 Å². The van der Waals surface area contributed by atoms with Crippen LogP contribution < -0.4 is 0 Å². The number of carbonyl (C=O) groups excluding carboxylic acids is 1. The first-order valence-corrected chi connectivity index (χ1v) is 3.55. The topological polar surface area (TPSA) is 29.5 Å². The first kappa shape index (κ1) is 9.78. The van der Waals surface area contributed by atoms with E-state index in [0.717, 1.165) is 0 Å². The zero-order valence-electron chi connectivity index (χ0n) is 6.50. The van der Waals surface area contributed by atoms with E-state index in [1.165, 1.54) is 4.90 Å². The van der Waals surface area contributed by atoms with Crippen molar-refractivity contribution < 1.29 is 9.53 Å². The lowest BCUT2D eigenvalue weighted by molar-refractivity contribution is -0.133. The highest BCUT2D eigenvalue weighted by atomic mass is 32.1. The van der Waals surface area contributed by atoms with Crippen LogP contribution in [0.4, 0.5) is 0 Å². The summed E-state index contributed by atoms with van der Waals surface area (Å²) in [5.74, 6) is -0.0408. The molecule has 1 amide bonds. The largest absolute Gasteiger partial charge is 0.358 e. The first-order valence-electron chi connectivity index (χ1n) is 3.04. The number of carbonyl (C=O) groups is 1. The maximum atomic E-state index is 10.8. The number of likely N-dealkylation sites (N-methyl/N-ethyl adjacent to an activating group) is 1. The van der Waals surface area contributed by atoms with E-state index >= 15 is 0 Å². The lowest BCUT2D eigenvalue weighted by Crippen LogP contribution is -2.27. The van der Waals surface area contributed by atoms with Crippen molar-refractivity contribution in [2.75, 3.05) is 20.7 Å². The quantitative estimate of drug-likeness (QED) is 0.481. The van der Waals surface area contributed by atoms with Gasteiger partial charge in [-0.3, -0.25) is 4.79 Å². The fourth-order valence-electron chi connectivity index (χ4n) is 0.321. The Hall–Kier alpha value is -0.220. The first-order chi connectivity index (χ1) is 4.54. The predicted octanol–water partition coefficient (Wildman–Crippen LogP) is 0.367. The highest BCUT2D eigenvalue weighted by Crippen LogP contribution is 1.94. The van der Waals surface area contributed by atoms with Crippen molar-refractivity contribution in [3.05, 3.63) is 0 Å². The van der Waals surface area contributed by atoms with E-state index in [1.54, 1.807) is 21.0 Å². The predicted molar refractivity (Wildman–Crippen MR) is 43.1 cm³/mol.